The first kappa shape index (κ1) is 18.0. The van der Waals surface area contributed by atoms with Gasteiger partial charge < -0.3 is 14.4 Å². The predicted octanol–water partition coefficient (Wildman–Crippen LogP) is 2.53. The summed E-state index contributed by atoms with van der Waals surface area (Å²) in [6.45, 7) is 3.36. The molecule has 3 atom stereocenters. The fourth-order valence-electron chi connectivity index (χ4n) is 4.51. The van der Waals surface area contributed by atoms with Crippen molar-refractivity contribution in [2.45, 2.75) is 56.9 Å². The Kier molecular flexibility index (Phi) is 4.86. The van der Waals surface area contributed by atoms with Crippen molar-refractivity contribution in [3.63, 3.8) is 0 Å². The molecule has 0 spiro atoms. The monoisotopic (exact) mass is 370 g/mol. The Bertz CT molecular complexity index is 794. The molecule has 2 aromatic heterocycles. The first-order chi connectivity index (χ1) is 13.2. The summed E-state index contributed by atoms with van der Waals surface area (Å²) in [4.78, 5) is 19.4. The molecule has 7 heteroatoms. The van der Waals surface area contributed by atoms with Crippen LogP contribution in [0, 0.1) is 0 Å². The lowest BCUT2D eigenvalue weighted by atomic mass is 9.79. The lowest BCUT2D eigenvalue weighted by Gasteiger charge is -2.43. The van der Waals surface area contributed by atoms with E-state index in [-0.39, 0.29) is 23.7 Å². The van der Waals surface area contributed by atoms with Gasteiger partial charge in [-0.25, -0.2) is 4.98 Å². The van der Waals surface area contributed by atoms with Crippen molar-refractivity contribution in [2.75, 3.05) is 13.7 Å². The number of fused-ring (bicyclic) bond motifs is 1. The molecule has 1 aliphatic heterocycles. The number of carbonyl (C=O) groups excluding carboxylic acids is 1. The van der Waals surface area contributed by atoms with E-state index in [4.69, 9.17) is 9.47 Å². The van der Waals surface area contributed by atoms with Crippen LogP contribution >= 0.6 is 0 Å². The van der Waals surface area contributed by atoms with Crippen LogP contribution in [0.5, 0.6) is 5.88 Å². The molecule has 0 N–H and O–H groups in total. The van der Waals surface area contributed by atoms with Gasteiger partial charge in [0.05, 0.1) is 11.6 Å². The van der Waals surface area contributed by atoms with Gasteiger partial charge in [-0.3, -0.25) is 9.48 Å². The van der Waals surface area contributed by atoms with E-state index in [9.17, 15) is 4.79 Å². The lowest BCUT2D eigenvalue weighted by molar-refractivity contribution is -0.0789. The van der Waals surface area contributed by atoms with E-state index in [2.05, 4.69) is 10.1 Å². The van der Waals surface area contributed by atoms with Crippen LogP contribution in [0.3, 0.4) is 0 Å². The number of hydrogen-bond donors (Lipinski definition) is 0. The third-order valence-corrected chi connectivity index (χ3v) is 5.96. The van der Waals surface area contributed by atoms with Gasteiger partial charge in [0, 0.05) is 45.1 Å². The first-order valence-corrected chi connectivity index (χ1v) is 9.62. The van der Waals surface area contributed by atoms with E-state index in [1.807, 2.05) is 30.0 Å². The van der Waals surface area contributed by atoms with E-state index >= 15 is 0 Å². The van der Waals surface area contributed by atoms with Crippen LogP contribution in [0.2, 0.25) is 0 Å². The van der Waals surface area contributed by atoms with Crippen molar-refractivity contribution >= 4 is 5.91 Å². The quantitative estimate of drug-likeness (QED) is 0.809. The molecule has 2 aliphatic rings. The average Bonchev–Trinajstić information content (AvgIpc) is 3.33. The van der Waals surface area contributed by atoms with Crippen molar-refractivity contribution in [3.05, 3.63) is 42.4 Å². The predicted molar refractivity (Wildman–Crippen MR) is 99.6 cm³/mol. The molecular weight excluding hydrogens is 344 g/mol. The van der Waals surface area contributed by atoms with Crippen LogP contribution in [0.15, 0.2) is 36.7 Å². The van der Waals surface area contributed by atoms with E-state index in [1.54, 1.807) is 30.3 Å². The largest absolute Gasteiger partial charge is 0.474 e. The molecule has 1 amide bonds. The fourth-order valence-corrected chi connectivity index (χ4v) is 4.51. The van der Waals surface area contributed by atoms with Crippen LogP contribution in [0.1, 0.15) is 43.1 Å². The minimum absolute atomic E-state index is 0.00216. The summed E-state index contributed by atoms with van der Waals surface area (Å²) in [5.41, 5.74) is 0.355. The molecule has 1 saturated heterocycles. The summed E-state index contributed by atoms with van der Waals surface area (Å²) in [5.74, 6) is 0.657. The summed E-state index contributed by atoms with van der Waals surface area (Å²) >= 11 is 0. The Morgan fingerprint density at radius 3 is 2.93 bits per heavy atom. The van der Waals surface area contributed by atoms with Gasteiger partial charge >= 0.3 is 0 Å². The lowest BCUT2D eigenvalue weighted by Crippen LogP contribution is -2.53. The first-order valence-electron chi connectivity index (χ1n) is 9.62. The molecule has 2 fully saturated rings. The maximum Gasteiger partial charge on any atom is 0.272 e. The van der Waals surface area contributed by atoms with Gasteiger partial charge in [-0.1, -0.05) is 6.07 Å². The van der Waals surface area contributed by atoms with Crippen LogP contribution in [0.4, 0.5) is 0 Å². The number of hydrogen-bond acceptors (Lipinski definition) is 5. The number of methoxy groups -OCH3 is 1. The van der Waals surface area contributed by atoms with Crippen LogP contribution in [-0.2, 0) is 11.3 Å². The Morgan fingerprint density at radius 1 is 1.30 bits per heavy atom. The van der Waals surface area contributed by atoms with E-state index < -0.39 is 0 Å². The van der Waals surface area contributed by atoms with Gasteiger partial charge in [-0.2, -0.15) is 5.10 Å². The molecule has 7 nitrogen and oxygen atoms in total. The Labute approximate surface area is 159 Å². The number of pyridine rings is 1. The second-order valence-corrected chi connectivity index (χ2v) is 7.25. The molecule has 1 aliphatic carbocycles. The average molecular weight is 370 g/mol. The number of rotatable bonds is 5. The molecule has 2 aromatic rings. The summed E-state index contributed by atoms with van der Waals surface area (Å²) in [6, 6.07) is 7.45. The van der Waals surface area contributed by atoms with Gasteiger partial charge in [0.25, 0.3) is 5.91 Å². The molecule has 27 heavy (non-hydrogen) atoms. The second kappa shape index (κ2) is 7.31. The van der Waals surface area contributed by atoms with E-state index in [0.29, 0.717) is 24.7 Å². The van der Waals surface area contributed by atoms with Crippen molar-refractivity contribution in [1.29, 1.82) is 0 Å². The van der Waals surface area contributed by atoms with Crippen molar-refractivity contribution in [1.82, 2.24) is 19.7 Å². The number of carbonyl (C=O) groups is 1. The van der Waals surface area contributed by atoms with Gasteiger partial charge in [0.2, 0.25) is 5.88 Å². The van der Waals surface area contributed by atoms with Gasteiger partial charge in [-0.15, -0.1) is 0 Å². The summed E-state index contributed by atoms with van der Waals surface area (Å²) in [7, 11) is 1.76. The number of aromatic nitrogens is 3. The van der Waals surface area contributed by atoms with Gasteiger partial charge in [-0.05, 0) is 38.3 Å². The third-order valence-electron chi connectivity index (χ3n) is 5.96. The number of likely N-dealkylation sites (tertiary alicyclic amines) is 1. The highest BCUT2D eigenvalue weighted by Gasteiger charge is 2.53. The standard InChI is InChI=1S/C20H26N4O3/c1-3-24-16(8-12-22-24)19(25)23-13-10-20(26-2)9-7-15(14-17(20)23)27-18-6-4-5-11-21-18/h4-6,8,11-12,15,17H,3,7,9-10,13-14H2,1-2H3/t15-,17+,20-/m1/s1. The van der Waals surface area contributed by atoms with Crippen molar-refractivity contribution < 1.29 is 14.3 Å². The highest BCUT2D eigenvalue weighted by Crippen LogP contribution is 2.43. The molecule has 0 unspecified atom stereocenters. The zero-order valence-electron chi connectivity index (χ0n) is 15.9. The molecule has 0 aromatic carbocycles. The minimum Gasteiger partial charge on any atom is -0.474 e. The molecule has 4 rings (SSSR count). The van der Waals surface area contributed by atoms with Crippen molar-refractivity contribution in [3.8, 4) is 5.88 Å². The Morgan fingerprint density at radius 2 is 2.19 bits per heavy atom. The van der Waals surface area contributed by atoms with Crippen LogP contribution in [0.25, 0.3) is 0 Å². The molecule has 0 radical (unpaired) electrons. The Hall–Kier alpha value is -2.41. The Balaban J connectivity index is 1.55. The fraction of sp³-hybridized carbons (Fsp3) is 0.550. The molecule has 1 saturated carbocycles. The highest BCUT2D eigenvalue weighted by molar-refractivity contribution is 5.93. The normalized spacial score (nSPS) is 27.4. The number of amides is 1. The number of nitrogens with zero attached hydrogens (tertiary/aromatic N) is 4. The molecule has 144 valence electrons. The highest BCUT2D eigenvalue weighted by atomic mass is 16.5. The maximum absolute atomic E-state index is 13.2. The number of aryl methyl sites for hydroxylation is 1. The minimum atomic E-state index is -0.281. The van der Waals surface area contributed by atoms with E-state index in [1.165, 1.54) is 0 Å². The zero-order valence-corrected chi connectivity index (χ0v) is 15.9. The third kappa shape index (κ3) is 3.20. The SMILES string of the molecule is CCn1nccc1C(=O)N1CC[C@]2(OC)CC[C@@H](Oc3ccccn3)C[C@H]12. The topological polar surface area (TPSA) is 69.5 Å². The van der Waals surface area contributed by atoms with Gasteiger partial charge in [0.15, 0.2) is 0 Å². The maximum atomic E-state index is 13.2. The van der Waals surface area contributed by atoms with Gasteiger partial charge in [0.1, 0.15) is 11.8 Å². The van der Waals surface area contributed by atoms with Crippen molar-refractivity contribution in [2.24, 2.45) is 0 Å². The zero-order chi connectivity index (χ0) is 18.9. The smallest absolute Gasteiger partial charge is 0.272 e. The van der Waals surface area contributed by atoms with E-state index in [0.717, 1.165) is 25.7 Å². The molecular formula is C20H26N4O3. The number of ether oxygens (including phenoxy) is 2. The van der Waals surface area contributed by atoms with Crippen LogP contribution < -0.4 is 4.74 Å². The summed E-state index contributed by atoms with van der Waals surface area (Å²) in [6.07, 6.45) is 6.82. The summed E-state index contributed by atoms with van der Waals surface area (Å²) < 4.78 is 13.8. The summed E-state index contributed by atoms with van der Waals surface area (Å²) in [5, 5.41) is 4.24. The molecule has 3 heterocycles. The van der Waals surface area contributed by atoms with Crippen LogP contribution in [-0.4, -0.2) is 57.0 Å². The second-order valence-electron chi connectivity index (χ2n) is 7.25. The molecule has 0 bridgehead atoms.